The predicted molar refractivity (Wildman–Crippen MR) is 70.8 cm³/mol. The maximum absolute atomic E-state index is 9.56. The lowest BCUT2D eigenvalue weighted by Gasteiger charge is -2.41. The number of aliphatic hydroxyl groups is 1. The summed E-state index contributed by atoms with van der Waals surface area (Å²) in [7, 11) is 2.19. The van der Waals surface area contributed by atoms with Crippen LogP contribution in [-0.2, 0) is 0 Å². The van der Waals surface area contributed by atoms with Gasteiger partial charge in [0.1, 0.15) is 0 Å². The summed E-state index contributed by atoms with van der Waals surface area (Å²) in [6.45, 7) is 3.33. The Morgan fingerprint density at radius 1 is 1.24 bits per heavy atom. The topological polar surface area (TPSA) is 49.5 Å². The second-order valence-corrected chi connectivity index (χ2v) is 6.41. The molecule has 0 aliphatic heterocycles. The van der Waals surface area contributed by atoms with E-state index in [1.54, 1.807) is 0 Å². The smallest absolute Gasteiger partial charge is 0.0626 e. The molecule has 3 atom stereocenters. The number of nitrogens with two attached hydrogens (primary N) is 1. The Hall–Kier alpha value is -0.120. The minimum absolute atomic E-state index is 0.128. The van der Waals surface area contributed by atoms with Gasteiger partial charge in [-0.2, -0.15) is 0 Å². The number of rotatable bonds is 5. The molecule has 17 heavy (non-hydrogen) atoms. The molecule has 2 aliphatic carbocycles. The SMILES string of the molecule is CC1CCCCC1N(C)CC(N)(CO)C1CC1. The molecule has 2 aliphatic rings. The molecule has 0 heterocycles. The summed E-state index contributed by atoms with van der Waals surface area (Å²) < 4.78 is 0. The number of nitrogens with zero attached hydrogens (tertiary/aromatic N) is 1. The van der Waals surface area contributed by atoms with Gasteiger partial charge in [0, 0.05) is 12.6 Å². The highest BCUT2D eigenvalue weighted by Gasteiger charge is 2.43. The number of likely N-dealkylation sites (N-methyl/N-ethyl adjacent to an activating group) is 1. The standard InChI is InChI=1S/C14H28N2O/c1-11-5-3-4-6-13(11)16(2)9-14(15,10-17)12-7-8-12/h11-13,17H,3-10,15H2,1-2H3. The molecule has 0 amide bonds. The molecule has 0 aromatic rings. The lowest BCUT2D eigenvalue weighted by atomic mass is 9.84. The lowest BCUT2D eigenvalue weighted by molar-refractivity contribution is 0.0776. The van der Waals surface area contributed by atoms with Crippen LogP contribution in [0.5, 0.6) is 0 Å². The lowest BCUT2D eigenvalue weighted by Crippen LogP contribution is -2.57. The average Bonchev–Trinajstić information content (AvgIpc) is 3.13. The Morgan fingerprint density at radius 3 is 2.41 bits per heavy atom. The van der Waals surface area contributed by atoms with Crippen LogP contribution >= 0.6 is 0 Å². The first-order valence-electron chi connectivity index (χ1n) is 7.17. The van der Waals surface area contributed by atoms with Crippen LogP contribution in [0, 0.1) is 11.8 Å². The summed E-state index contributed by atoms with van der Waals surface area (Å²) in [5, 5.41) is 9.56. The molecule has 0 bridgehead atoms. The Kier molecular flexibility index (Phi) is 4.11. The van der Waals surface area contributed by atoms with Gasteiger partial charge in [0.25, 0.3) is 0 Å². The van der Waals surface area contributed by atoms with Crippen molar-refractivity contribution in [2.24, 2.45) is 17.6 Å². The minimum atomic E-state index is -0.355. The minimum Gasteiger partial charge on any atom is -0.394 e. The molecular weight excluding hydrogens is 212 g/mol. The first-order valence-corrected chi connectivity index (χ1v) is 7.17. The molecule has 3 N–H and O–H groups in total. The number of hydrogen-bond donors (Lipinski definition) is 2. The molecule has 0 radical (unpaired) electrons. The van der Waals surface area contributed by atoms with Crippen molar-refractivity contribution in [1.29, 1.82) is 0 Å². The maximum Gasteiger partial charge on any atom is 0.0626 e. The molecule has 2 fully saturated rings. The van der Waals surface area contributed by atoms with E-state index >= 15 is 0 Å². The van der Waals surface area contributed by atoms with E-state index in [-0.39, 0.29) is 12.1 Å². The largest absolute Gasteiger partial charge is 0.394 e. The van der Waals surface area contributed by atoms with Crippen LogP contribution in [0.15, 0.2) is 0 Å². The maximum atomic E-state index is 9.56. The zero-order valence-electron chi connectivity index (χ0n) is 11.4. The molecule has 2 saturated carbocycles. The third kappa shape index (κ3) is 3.01. The van der Waals surface area contributed by atoms with Gasteiger partial charge < -0.3 is 15.7 Å². The van der Waals surface area contributed by atoms with Gasteiger partial charge in [0.05, 0.1) is 12.1 Å². The number of hydrogen-bond acceptors (Lipinski definition) is 3. The second kappa shape index (κ2) is 5.25. The Bertz CT molecular complexity index is 255. The van der Waals surface area contributed by atoms with Crippen molar-refractivity contribution in [1.82, 2.24) is 4.90 Å². The van der Waals surface area contributed by atoms with Crippen LogP contribution in [0.1, 0.15) is 45.4 Å². The summed E-state index contributed by atoms with van der Waals surface area (Å²) in [5.41, 5.74) is 6.01. The van der Waals surface area contributed by atoms with Gasteiger partial charge in [-0.25, -0.2) is 0 Å². The zero-order chi connectivity index (χ0) is 12.5. The fraction of sp³-hybridized carbons (Fsp3) is 1.00. The summed E-state index contributed by atoms with van der Waals surface area (Å²) in [5.74, 6) is 1.32. The van der Waals surface area contributed by atoms with E-state index in [1.807, 2.05) is 0 Å². The van der Waals surface area contributed by atoms with Crippen molar-refractivity contribution < 1.29 is 5.11 Å². The highest BCUT2D eigenvalue weighted by molar-refractivity contribution is 5.01. The molecule has 100 valence electrons. The van der Waals surface area contributed by atoms with E-state index < -0.39 is 0 Å². The van der Waals surface area contributed by atoms with Crippen LogP contribution in [0.4, 0.5) is 0 Å². The quantitative estimate of drug-likeness (QED) is 0.767. The molecule has 3 heteroatoms. The predicted octanol–water partition coefficient (Wildman–Crippen LogP) is 1.60. The fourth-order valence-electron chi connectivity index (χ4n) is 3.50. The van der Waals surface area contributed by atoms with Crippen molar-refractivity contribution in [3.8, 4) is 0 Å². The van der Waals surface area contributed by atoms with E-state index in [9.17, 15) is 5.11 Å². The fourth-order valence-corrected chi connectivity index (χ4v) is 3.50. The Morgan fingerprint density at radius 2 is 1.88 bits per heavy atom. The van der Waals surface area contributed by atoms with E-state index in [0.717, 1.165) is 12.5 Å². The summed E-state index contributed by atoms with van der Waals surface area (Å²) >= 11 is 0. The third-order valence-corrected chi connectivity index (χ3v) is 4.86. The van der Waals surface area contributed by atoms with E-state index in [0.29, 0.717) is 12.0 Å². The first kappa shape index (κ1) is 13.3. The Labute approximate surface area is 105 Å². The number of aliphatic hydroxyl groups excluding tert-OH is 1. The van der Waals surface area contributed by atoms with E-state index in [4.69, 9.17) is 5.73 Å². The Balaban J connectivity index is 1.92. The molecular formula is C14H28N2O. The van der Waals surface area contributed by atoms with Gasteiger partial charge in [0.2, 0.25) is 0 Å². The van der Waals surface area contributed by atoms with E-state index in [2.05, 4.69) is 18.9 Å². The van der Waals surface area contributed by atoms with Crippen molar-refractivity contribution in [2.75, 3.05) is 20.2 Å². The van der Waals surface area contributed by atoms with Gasteiger partial charge in [0.15, 0.2) is 0 Å². The van der Waals surface area contributed by atoms with Gasteiger partial charge in [-0.05, 0) is 44.6 Å². The first-order chi connectivity index (χ1) is 8.07. The molecule has 3 unspecified atom stereocenters. The molecule has 3 nitrogen and oxygen atoms in total. The van der Waals surface area contributed by atoms with Crippen LogP contribution in [0.3, 0.4) is 0 Å². The summed E-state index contributed by atoms with van der Waals surface area (Å²) in [6, 6.07) is 0.664. The van der Waals surface area contributed by atoms with Crippen LogP contribution in [0.2, 0.25) is 0 Å². The average molecular weight is 240 g/mol. The molecule has 0 aromatic heterocycles. The van der Waals surface area contributed by atoms with Gasteiger partial charge in [-0.15, -0.1) is 0 Å². The third-order valence-electron chi connectivity index (χ3n) is 4.86. The van der Waals surface area contributed by atoms with E-state index in [1.165, 1.54) is 38.5 Å². The van der Waals surface area contributed by atoms with Crippen LogP contribution < -0.4 is 5.73 Å². The highest BCUT2D eigenvalue weighted by Crippen LogP contribution is 2.39. The zero-order valence-corrected chi connectivity index (χ0v) is 11.4. The summed E-state index contributed by atoms with van der Waals surface area (Å²) in [6.07, 6.45) is 7.76. The molecule has 0 saturated heterocycles. The van der Waals surface area contributed by atoms with Crippen molar-refractivity contribution in [3.63, 3.8) is 0 Å². The summed E-state index contributed by atoms with van der Waals surface area (Å²) in [4.78, 5) is 2.42. The van der Waals surface area contributed by atoms with Crippen molar-refractivity contribution in [3.05, 3.63) is 0 Å². The highest BCUT2D eigenvalue weighted by atomic mass is 16.3. The van der Waals surface area contributed by atoms with Gasteiger partial charge in [-0.3, -0.25) is 0 Å². The van der Waals surface area contributed by atoms with Gasteiger partial charge in [-0.1, -0.05) is 19.8 Å². The van der Waals surface area contributed by atoms with Crippen LogP contribution in [-0.4, -0.2) is 41.8 Å². The molecule has 0 spiro atoms. The van der Waals surface area contributed by atoms with Crippen molar-refractivity contribution in [2.45, 2.75) is 57.0 Å². The normalized spacial score (nSPS) is 33.7. The monoisotopic (exact) mass is 240 g/mol. The molecule has 0 aromatic carbocycles. The second-order valence-electron chi connectivity index (χ2n) is 6.41. The van der Waals surface area contributed by atoms with Crippen molar-refractivity contribution >= 4 is 0 Å². The van der Waals surface area contributed by atoms with Crippen LogP contribution in [0.25, 0.3) is 0 Å². The van der Waals surface area contributed by atoms with Gasteiger partial charge >= 0.3 is 0 Å². The molecule has 2 rings (SSSR count).